The summed E-state index contributed by atoms with van der Waals surface area (Å²) in [6.45, 7) is 6.35. The molecule has 8 nitrogen and oxygen atoms in total. The molecule has 3 aromatic heterocycles. The zero-order valence-electron chi connectivity index (χ0n) is 16.9. The van der Waals surface area contributed by atoms with Crippen LogP contribution in [0, 0.1) is 20.8 Å². The van der Waals surface area contributed by atoms with Gasteiger partial charge in [0.25, 0.3) is 5.91 Å². The Bertz CT molecular complexity index is 978. The third-order valence-corrected chi connectivity index (χ3v) is 5.39. The van der Waals surface area contributed by atoms with Crippen LogP contribution in [0.1, 0.15) is 52.6 Å². The van der Waals surface area contributed by atoms with E-state index in [0.717, 1.165) is 60.6 Å². The Hall–Kier alpha value is -3.16. The summed E-state index contributed by atoms with van der Waals surface area (Å²) < 4.78 is 5.21. The summed E-state index contributed by atoms with van der Waals surface area (Å²) in [6.07, 6.45) is 10.4. The molecule has 1 amide bonds. The molecular formula is C21H24N6O2. The van der Waals surface area contributed by atoms with E-state index in [1.165, 1.54) is 0 Å². The molecule has 0 radical (unpaired) electrons. The van der Waals surface area contributed by atoms with Crippen molar-refractivity contribution in [1.82, 2.24) is 30.0 Å². The van der Waals surface area contributed by atoms with E-state index in [1.54, 1.807) is 24.8 Å². The lowest BCUT2D eigenvalue weighted by Crippen LogP contribution is -2.36. The van der Waals surface area contributed by atoms with Crippen molar-refractivity contribution in [3.8, 4) is 11.3 Å². The monoisotopic (exact) mass is 392 g/mol. The standard InChI is InChI=1S/C21H24N6O2/c1-13-20(14(2)29-26-13)19-12-24-17(11-25-19)6-7-18-5-4-8-27(18)21(28)16-9-22-15(3)23-10-16/h9-12,18H,4-8H2,1-3H3. The van der Waals surface area contributed by atoms with Gasteiger partial charge in [-0.15, -0.1) is 0 Å². The minimum absolute atomic E-state index is 0.00680. The number of rotatable bonds is 5. The number of carbonyl (C=O) groups excluding carboxylic acids is 1. The summed E-state index contributed by atoms with van der Waals surface area (Å²) >= 11 is 0. The number of carbonyl (C=O) groups is 1. The molecule has 0 bridgehead atoms. The van der Waals surface area contributed by atoms with E-state index in [-0.39, 0.29) is 11.9 Å². The Kier molecular flexibility index (Phi) is 5.33. The first-order valence-corrected chi connectivity index (χ1v) is 9.86. The maximum Gasteiger partial charge on any atom is 0.257 e. The summed E-state index contributed by atoms with van der Waals surface area (Å²) in [6, 6.07) is 0.202. The maximum absolute atomic E-state index is 12.8. The summed E-state index contributed by atoms with van der Waals surface area (Å²) in [5.74, 6) is 1.41. The fourth-order valence-electron chi connectivity index (χ4n) is 3.85. The second-order valence-corrected chi connectivity index (χ2v) is 7.44. The average molecular weight is 392 g/mol. The van der Waals surface area contributed by atoms with Gasteiger partial charge in [-0.1, -0.05) is 5.16 Å². The third kappa shape index (κ3) is 4.01. The van der Waals surface area contributed by atoms with Crippen LogP contribution in [0.2, 0.25) is 0 Å². The third-order valence-electron chi connectivity index (χ3n) is 5.39. The molecular weight excluding hydrogens is 368 g/mol. The molecule has 0 N–H and O–H groups in total. The molecule has 1 fully saturated rings. The largest absolute Gasteiger partial charge is 0.361 e. The molecule has 4 rings (SSSR count). The smallest absolute Gasteiger partial charge is 0.257 e. The predicted molar refractivity (Wildman–Crippen MR) is 106 cm³/mol. The van der Waals surface area contributed by atoms with Crippen LogP contribution in [-0.2, 0) is 6.42 Å². The minimum Gasteiger partial charge on any atom is -0.361 e. The number of hydrogen-bond acceptors (Lipinski definition) is 7. The molecule has 0 saturated carbocycles. The molecule has 1 aliphatic rings. The average Bonchev–Trinajstić information content (AvgIpc) is 3.33. The highest BCUT2D eigenvalue weighted by atomic mass is 16.5. The Morgan fingerprint density at radius 3 is 2.55 bits per heavy atom. The van der Waals surface area contributed by atoms with Crippen molar-refractivity contribution in [1.29, 1.82) is 0 Å². The second kappa shape index (κ2) is 8.06. The van der Waals surface area contributed by atoms with Crippen LogP contribution in [0.15, 0.2) is 29.3 Å². The lowest BCUT2D eigenvalue weighted by atomic mass is 10.1. The molecule has 3 aromatic rings. The van der Waals surface area contributed by atoms with Gasteiger partial charge in [-0.3, -0.25) is 14.8 Å². The summed E-state index contributed by atoms with van der Waals surface area (Å²) in [5, 5.41) is 3.97. The van der Waals surface area contributed by atoms with Gasteiger partial charge < -0.3 is 9.42 Å². The summed E-state index contributed by atoms with van der Waals surface area (Å²) in [4.78, 5) is 32.2. The zero-order valence-corrected chi connectivity index (χ0v) is 16.9. The molecule has 0 spiro atoms. The molecule has 150 valence electrons. The fraction of sp³-hybridized carbons (Fsp3) is 0.429. The van der Waals surface area contributed by atoms with Crippen LogP contribution in [-0.4, -0.2) is 48.5 Å². The minimum atomic E-state index is 0.00680. The predicted octanol–water partition coefficient (Wildman–Crippen LogP) is 3.08. The first kappa shape index (κ1) is 19.2. The number of hydrogen-bond donors (Lipinski definition) is 0. The molecule has 1 atom stereocenters. The van der Waals surface area contributed by atoms with Crippen LogP contribution in [0.3, 0.4) is 0 Å². The van der Waals surface area contributed by atoms with Crippen molar-refractivity contribution in [3.63, 3.8) is 0 Å². The van der Waals surface area contributed by atoms with Gasteiger partial charge in [0.2, 0.25) is 0 Å². The number of likely N-dealkylation sites (tertiary alicyclic amines) is 1. The van der Waals surface area contributed by atoms with Gasteiger partial charge >= 0.3 is 0 Å². The highest BCUT2D eigenvalue weighted by molar-refractivity contribution is 5.94. The van der Waals surface area contributed by atoms with Crippen LogP contribution >= 0.6 is 0 Å². The van der Waals surface area contributed by atoms with Crippen LogP contribution in [0.4, 0.5) is 0 Å². The fourth-order valence-corrected chi connectivity index (χ4v) is 3.85. The topological polar surface area (TPSA) is 97.9 Å². The van der Waals surface area contributed by atoms with Crippen molar-refractivity contribution in [2.75, 3.05) is 6.54 Å². The lowest BCUT2D eigenvalue weighted by molar-refractivity contribution is 0.0729. The van der Waals surface area contributed by atoms with E-state index in [2.05, 4.69) is 25.1 Å². The molecule has 1 unspecified atom stereocenters. The van der Waals surface area contributed by atoms with Gasteiger partial charge in [0.15, 0.2) is 0 Å². The number of aromatic nitrogens is 5. The maximum atomic E-state index is 12.8. The van der Waals surface area contributed by atoms with E-state index < -0.39 is 0 Å². The van der Waals surface area contributed by atoms with Crippen LogP contribution < -0.4 is 0 Å². The Morgan fingerprint density at radius 2 is 1.90 bits per heavy atom. The number of amides is 1. The number of aryl methyl sites for hydroxylation is 4. The second-order valence-electron chi connectivity index (χ2n) is 7.44. The van der Waals surface area contributed by atoms with Gasteiger partial charge in [0, 0.05) is 31.2 Å². The van der Waals surface area contributed by atoms with Crippen molar-refractivity contribution in [2.45, 2.75) is 52.5 Å². The summed E-state index contributed by atoms with van der Waals surface area (Å²) in [7, 11) is 0. The van der Waals surface area contributed by atoms with E-state index in [1.807, 2.05) is 25.7 Å². The SMILES string of the molecule is Cc1ncc(C(=O)N2CCCC2CCc2cnc(-c3c(C)noc3C)cn2)cn1. The van der Waals surface area contributed by atoms with Gasteiger partial charge in [-0.05, 0) is 46.5 Å². The van der Waals surface area contributed by atoms with Crippen LogP contribution in [0.25, 0.3) is 11.3 Å². The molecule has 0 aliphatic carbocycles. The van der Waals surface area contributed by atoms with Crippen LogP contribution in [0.5, 0.6) is 0 Å². The molecule has 29 heavy (non-hydrogen) atoms. The first-order valence-electron chi connectivity index (χ1n) is 9.86. The Labute approximate surface area is 169 Å². The molecule has 1 saturated heterocycles. The normalized spacial score (nSPS) is 16.4. The van der Waals surface area contributed by atoms with E-state index in [0.29, 0.717) is 11.4 Å². The summed E-state index contributed by atoms with van der Waals surface area (Å²) in [5.41, 5.74) is 3.94. The quantitative estimate of drug-likeness (QED) is 0.658. The van der Waals surface area contributed by atoms with Gasteiger partial charge in [-0.25, -0.2) is 9.97 Å². The molecule has 0 aromatic carbocycles. The zero-order chi connectivity index (χ0) is 20.4. The Morgan fingerprint density at radius 1 is 1.10 bits per heavy atom. The van der Waals surface area contributed by atoms with Gasteiger partial charge in [-0.2, -0.15) is 0 Å². The van der Waals surface area contributed by atoms with Crippen molar-refractivity contribution in [3.05, 3.63) is 53.3 Å². The van der Waals surface area contributed by atoms with Crippen molar-refractivity contribution >= 4 is 5.91 Å². The van der Waals surface area contributed by atoms with E-state index >= 15 is 0 Å². The van der Waals surface area contributed by atoms with Crippen molar-refractivity contribution < 1.29 is 9.32 Å². The molecule has 4 heterocycles. The lowest BCUT2D eigenvalue weighted by Gasteiger charge is -2.24. The molecule has 1 aliphatic heterocycles. The number of nitrogens with zero attached hydrogens (tertiary/aromatic N) is 6. The van der Waals surface area contributed by atoms with E-state index in [4.69, 9.17) is 4.52 Å². The van der Waals surface area contributed by atoms with Crippen molar-refractivity contribution in [2.24, 2.45) is 0 Å². The first-order chi connectivity index (χ1) is 14.0. The van der Waals surface area contributed by atoms with E-state index in [9.17, 15) is 4.79 Å². The van der Waals surface area contributed by atoms with Gasteiger partial charge in [0.1, 0.15) is 11.6 Å². The highest BCUT2D eigenvalue weighted by Gasteiger charge is 2.29. The Balaban J connectivity index is 1.40. The highest BCUT2D eigenvalue weighted by Crippen LogP contribution is 2.26. The molecule has 8 heteroatoms. The van der Waals surface area contributed by atoms with Gasteiger partial charge in [0.05, 0.1) is 34.4 Å².